The molecule has 0 bridgehead atoms. The van der Waals surface area contributed by atoms with Crippen LogP contribution in [0.1, 0.15) is 30.9 Å². The normalized spacial score (nSPS) is 10.4. The lowest BCUT2D eigenvalue weighted by Crippen LogP contribution is -2.30. The van der Waals surface area contributed by atoms with Gasteiger partial charge < -0.3 is 20.3 Å². The maximum atomic E-state index is 13.2. The molecule has 0 aliphatic rings. The zero-order valence-electron chi connectivity index (χ0n) is 11.5. The van der Waals surface area contributed by atoms with Crippen LogP contribution < -0.4 is 10.1 Å². The number of nitrogens with one attached hydrogen (secondary N) is 1. The van der Waals surface area contributed by atoms with E-state index in [-0.39, 0.29) is 29.4 Å². The predicted molar refractivity (Wildman–Crippen MR) is 71.7 cm³/mol. The van der Waals surface area contributed by atoms with Crippen molar-refractivity contribution < 1.29 is 24.1 Å². The lowest BCUT2D eigenvalue weighted by atomic mass is 10.1. The second-order valence-corrected chi connectivity index (χ2v) is 4.36. The number of benzene rings is 1. The van der Waals surface area contributed by atoms with Crippen molar-refractivity contribution in [2.75, 3.05) is 13.2 Å². The van der Waals surface area contributed by atoms with Crippen molar-refractivity contribution in [3.8, 4) is 5.75 Å². The standard InChI is InChI=1S/C14H20FNO4/c1-2-3-4-16-13(19)9-20-14-10(7-17)5-12(15)6-11(14)8-18/h5-6,17-18H,2-4,7-9H2,1H3,(H,16,19). The minimum atomic E-state index is -0.571. The largest absolute Gasteiger partial charge is 0.483 e. The van der Waals surface area contributed by atoms with E-state index in [1.165, 1.54) is 0 Å². The molecule has 6 heteroatoms. The Bertz CT molecular complexity index is 426. The van der Waals surface area contributed by atoms with Crippen LogP contribution in [0.5, 0.6) is 5.75 Å². The maximum Gasteiger partial charge on any atom is 0.257 e. The number of unbranched alkanes of at least 4 members (excludes halogenated alkanes) is 1. The molecule has 1 aromatic carbocycles. The van der Waals surface area contributed by atoms with Gasteiger partial charge in [-0.15, -0.1) is 0 Å². The smallest absolute Gasteiger partial charge is 0.257 e. The minimum Gasteiger partial charge on any atom is -0.483 e. The van der Waals surface area contributed by atoms with E-state index < -0.39 is 19.0 Å². The fourth-order valence-electron chi connectivity index (χ4n) is 1.73. The van der Waals surface area contributed by atoms with E-state index in [4.69, 9.17) is 4.74 Å². The molecule has 0 saturated carbocycles. The molecule has 20 heavy (non-hydrogen) atoms. The molecule has 0 fully saturated rings. The van der Waals surface area contributed by atoms with E-state index >= 15 is 0 Å². The Kier molecular flexibility index (Phi) is 6.97. The molecule has 5 nitrogen and oxygen atoms in total. The molecule has 3 N–H and O–H groups in total. The highest BCUT2D eigenvalue weighted by atomic mass is 19.1. The SMILES string of the molecule is CCCCNC(=O)COc1c(CO)cc(F)cc1CO. The number of hydrogen-bond acceptors (Lipinski definition) is 4. The Balaban J connectivity index is 2.69. The Labute approximate surface area is 117 Å². The quantitative estimate of drug-likeness (QED) is 0.625. The van der Waals surface area contributed by atoms with Crippen LogP contribution in [-0.2, 0) is 18.0 Å². The topological polar surface area (TPSA) is 78.8 Å². The van der Waals surface area contributed by atoms with Crippen LogP contribution in [0.3, 0.4) is 0 Å². The van der Waals surface area contributed by atoms with Gasteiger partial charge in [0, 0.05) is 17.7 Å². The molecular weight excluding hydrogens is 265 g/mol. The van der Waals surface area contributed by atoms with Crippen molar-refractivity contribution in [2.24, 2.45) is 0 Å². The van der Waals surface area contributed by atoms with E-state index in [1.54, 1.807) is 0 Å². The van der Waals surface area contributed by atoms with Gasteiger partial charge in [-0.2, -0.15) is 0 Å². The summed E-state index contributed by atoms with van der Waals surface area (Å²) in [6.07, 6.45) is 1.86. The van der Waals surface area contributed by atoms with Crippen LogP contribution in [0.2, 0.25) is 0 Å². The Hall–Kier alpha value is -1.66. The van der Waals surface area contributed by atoms with Crippen LogP contribution in [0.4, 0.5) is 4.39 Å². The monoisotopic (exact) mass is 285 g/mol. The molecule has 0 unspecified atom stereocenters. The third-order valence-electron chi connectivity index (χ3n) is 2.75. The fourth-order valence-corrected chi connectivity index (χ4v) is 1.73. The highest BCUT2D eigenvalue weighted by molar-refractivity contribution is 5.77. The van der Waals surface area contributed by atoms with Gasteiger partial charge in [-0.25, -0.2) is 4.39 Å². The molecule has 1 aromatic rings. The molecule has 0 saturated heterocycles. The van der Waals surface area contributed by atoms with E-state index in [9.17, 15) is 19.4 Å². The van der Waals surface area contributed by atoms with Crippen molar-refractivity contribution in [1.29, 1.82) is 0 Å². The summed E-state index contributed by atoms with van der Waals surface area (Å²) in [6, 6.07) is 2.23. The summed E-state index contributed by atoms with van der Waals surface area (Å²) < 4.78 is 18.5. The Morgan fingerprint density at radius 1 is 1.30 bits per heavy atom. The lowest BCUT2D eigenvalue weighted by Gasteiger charge is -2.14. The summed E-state index contributed by atoms with van der Waals surface area (Å²) in [5, 5.41) is 21.0. The Morgan fingerprint density at radius 2 is 1.90 bits per heavy atom. The highest BCUT2D eigenvalue weighted by Gasteiger charge is 2.13. The average Bonchev–Trinajstić information content (AvgIpc) is 2.45. The molecule has 0 spiro atoms. The third-order valence-corrected chi connectivity index (χ3v) is 2.75. The zero-order chi connectivity index (χ0) is 15.0. The molecule has 1 rings (SSSR count). The summed E-state index contributed by atoms with van der Waals surface area (Å²) >= 11 is 0. The number of aliphatic hydroxyl groups is 2. The molecule has 0 aromatic heterocycles. The van der Waals surface area contributed by atoms with Crippen LogP contribution >= 0.6 is 0 Å². The summed E-state index contributed by atoms with van der Waals surface area (Å²) in [5.74, 6) is -0.713. The highest BCUT2D eigenvalue weighted by Crippen LogP contribution is 2.26. The van der Waals surface area contributed by atoms with Crippen LogP contribution in [0.15, 0.2) is 12.1 Å². The van der Waals surface area contributed by atoms with E-state index in [0.717, 1.165) is 25.0 Å². The number of amides is 1. The number of ether oxygens (including phenoxy) is 1. The van der Waals surface area contributed by atoms with E-state index in [0.29, 0.717) is 6.54 Å². The van der Waals surface area contributed by atoms with Crippen molar-refractivity contribution in [1.82, 2.24) is 5.32 Å². The maximum absolute atomic E-state index is 13.2. The van der Waals surface area contributed by atoms with E-state index in [2.05, 4.69) is 5.32 Å². The lowest BCUT2D eigenvalue weighted by molar-refractivity contribution is -0.123. The second-order valence-electron chi connectivity index (χ2n) is 4.36. The van der Waals surface area contributed by atoms with Crippen molar-refractivity contribution >= 4 is 5.91 Å². The summed E-state index contributed by atoms with van der Waals surface area (Å²) in [7, 11) is 0. The summed E-state index contributed by atoms with van der Waals surface area (Å²) in [6.45, 7) is 1.48. The van der Waals surface area contributed by atoms with Gasteiger partial charge in [-0.05, 0) is 18.6 Å². The van der Waals surface area contributed by atoms with Gasteiger partial charge in [0.1, 0.15) is 11.6 Å². The Morgan fingerprint density at radius 3 is 2.40 bits per heavy atom. The molecule has 112 valence electrons. The average molecular weight is 285 g/mol. The van der Waals surface area contributed by atoms with Gasteiger partial charge in [0.2, 0.25) is 0 Å². The molecule has 0 aliphatic carbocycles. The number of carbonyl (C=O) groups excluding carboxylic acids is 1. The van der Waals surface area contributed by atoms with Gasteiger partial charge in [0.05, 0.1) is 13.2 Å². The number of hydrogen-bond donors (Lipinski definition) is 3. The van der Waals surface area contributed by atoms with Crippen molar-refractivity contribution in [3.63, 3.8) is 0 Å². The number of aliphatic hydroxyl groups excluding tert-OH is 2. The molecule has 0 heterocycles. The third kappa shape index (κ3) is 4.79. The summed E-state index contributed by atoms with van der Waals surface area (Å²) in [5.41, 5.74) is 0.408. The van der Waals surface area contributed by atoms with E-state index in [1.807, 2.05) is 6.92 Å². The van der Waals surface area contributed by atoms with Gasteiger partial charge in [0.25, 0.3) is 5.91 Å². The predicted octanol–water partition coefficient (Wildman–Crippen LogP) is 1.11. The van der Waals surface area contributed by atoms with Gasteiger partial charge >= 0.3 is 0 Å². The first-order valence-electron chi connectivity index (χ1n) is 6.54. The summed E-state index contributed by atoms with van der Waals surface area (Å²) in [4.78, 5) is 11.5. The van der Waals surface area contributed by atoms with Crippen molar-refractivity contribution in [3.05, 3.63) is 29.1 Å². The zero-order valence-corrected chi connectivity index (χ0v) is 11.5. The van der Waals surface area contributed by atoms with Gasteiger partial charge in [-0.3, -0.25) is 4.79 Å². The van der Waals surface area contributed by atoms with Crippen molar-refractivity contribution in [2.45, 2.75) is 33.0 Å². The first-order chi connectivity index (χ1) is 9.62. The molecular formula is C14H20FNO4. The number of carbonyl (C=O) groups is 1. The van der Waals surface area contributed by atoms with Crippen LogP contribution in [0.25, 0.3) is 0 Å². The van der Waals surface area contributed by atoms with Crippen LogP contribution in [0, 0.1) is 5.82 Å². The molecule has 0 aliphatic heterocycles. The number of rotatable bonds is 8. The van der Waals surface area contributed by atoms with Gasteiger partial charge in [-0.1, -0.05) is 13.3 Å². The molecule has 0 radical (unpaired) electrons. The second kappa shape index (κ2) is 8.50. The minimum absolute atomic E-state index is 0.155. The van der Waals surface area contributed by atoms with Crippen LogP contribution in [-0.4, -0.2) is 29.3 Å². The first kappa shape index (κ1) is 16.4. The molecule has 0 atom stereocenters. The molecule has 1 amide bonds. The van der Waals surface area contributed by atoms with Gasteiger partial charge in [0.15, 0.2) is 6.61 Å². The number of halogens is 1. The first-order valence-corrected chi connectivity index (χ1v) is 6.54. The fraction of sp³-hybridized carbons (Fsp3) is 0.500.